The first kappa shape index (κ1) is 13.6. The number of benzene rings is 2. The van der Waals surface area contributed by atoms with Crippen molar-refractivity contribution in [3.63, 3.8) is 0 Å². The molecule has 1 aliphatic carbocycles. The molecule has 3 aromatic rings. The summed E-state index contributed by atoms with van der Waals surface area (Å²) in [5.41, 5.74) is 2.16. The number of methoxy groups -OCH3 is 2. The van der Waals surface area contributed by atoms with Gasteiger partial charge >= 0.3 is 0 Å². The SMILES string of the molecule is COc1cc2c3c([nH]c(=O)c2cc1OC)-c1ccccc1C3=O. The van der Waals surface area contributed by atoms with Gasteiger partial charge in [-0.25, -0.2) is 0 Å². The summed E-state index contributed by atoms with van der Waals surface area (Å²) in [6, 6.07) is 10.5. The van der Waals surface area contributed by atoms with Crippen LogP contribution < -0.4 is 15.0 Å². The molecule has 2 aromatic carbocycles. The van der Waals surface area contributed by atoms with Gasteiger partial charge in [0.05, 0.1) is 30.9 Å². The van der Waals surface area contributed by atoms with E-state index in [4.69, 9.17) is 9.47 Å². The molecule has 5 heteroatoms. The third-order valence-corrected chi connectivity index (χ3v) is 4.19. The highest BCUT2D eigenvalue weighted by Crippen LogP contribution is 2.40. The maximum Gasteiger partial charge on any atom is 0.256 e. The van der Waals surface area contributed by atoms with Crippen molar-refractivity contribution in [2.24, 2.45) is 0 Å². The van der Waals surface area contributed by atoms with Gasteiger partial charge in [-0.3, -0.25) is 9.59 Å². The van der Waals surface area contributed by atoms with E-state index in [1.165, 1.54) is 14.2 Å². The van der Waals surface area contributed by atoms with E-state index in [2.05, 4.69) is 4.98 Å². The van der Waals surface area contributed by atoms with Crippen LogP contribution in [0.1, 0.15) is 15.9 Å². The Morgan fingerprint density at radius 2 is 1.48 bits per heavy atom. The van der Waals surface area contributed by atoms with Gasteiger partial charge in [-0.1, -0.05) is 24.3 Å². The van der Waals surface area contributed by atoms with Gasteiger partial charge in [0.15, 0.2) is 17.3 Å². The molecule has 1 aromatic heterocycles. The topological polar surface area (TPSA) is 68.4 Å². The molecule has 1 aliphatic rings. The van der Waals surface area contributed by atoms with E-state index in [0.29, 0.717) is 39.1 Å². The average molecular weight is 307 g/mol. The van der Waals surface area contributed by atoms with Crippen LogP contribution in [0.25, 0.3) is 22.0 Å². The molecule has 0 bridgehead atoms. The molecule has 0 saturated heterocycles. The lowest BCUT2D eigenvalue weighted by molar-refractivity contribution is 0.104. The minimum Gasteiger partial charge on any atom is -0.493 e. The van der Waals surface area contributed by atoms with Gasteiger partial charge in [0.1, 0.15) is 0 Å². The van der Waals surface area contributed by atoms with Crippen LogP contribution in [0, 0.1) is 0 Å². The quantitative estimate of drug-likeness (QED) is 0.618. The zero-order valence-electron chi connectivity index (χ0n) is 12.6. The zero-order valence-corrected chi connectivity index (χ0v) is 12.6. The van der Waals surface area contributed by atoms with Crippen LogP contribution in [-0.2, 0) is 0 Å². The van der Waals surface area contributed by atoms with E-state index >= 15 is 0 Å². The number of rotatable bonds is 2. The van der Waals surface area contributed by atoms with E-state index < -0.39 is 0 Å². The lowest BCUT2D eigenvalue weighted by atomic mass is 10.0. The third-order valence-electron chi connectivity index (χ3n) is 4.19. The third kappa shape index (κ3) is 1.73. The standard InChI is InChI=1S/C18H13NO4/c1-22-13-7-11-12(8-14(13)23-2)18(21)19-16-9-5-3-4-6-10(9)17(20)15(11)16/h3-8H,1-2H3,(H,19,21). The molecule has 0 unspecified atom stereocenters. The van der Waals surface area contributed by atoms with Gasteiger partial charge in [0.2, 0.25) is 0 Å². The molecule has 23 heavy (non-hydrogen) atoms. The zero-order chi connectivity index (χ0) is 16.1. The second-order valence-corrected chi connectivity index (χ2v) is 5.33. The van der Waals surface area contributed by atoms with Crippen molar-refractivity contribution < 1.29 is 14.3 Å². The Morgan fingerprint density at radius 3 is 2.13 bits per heavy atom. The Morgan fingerprint density at radius 1 is 0.870 bits per heavy atom. The van der Waals surface area contributed by atoms with Crippen LogP contribution in [0.4, 0.5) is 0 Å². The fourth-order valence-corrected chi connectivity index (χ4v) is 3.12. The van der Waals surface area contributed by atoms with Crippen LogP contribution in [0.2, 0.25) is 0 Å². The smallest absolute Gasteiger partial charge is 0.256 e. The number of nitrogens with one attached hydrogen (secondary N) is 1. The second kappa shape index (κ2) is 4.71. The minimum absolute atomic E-state index is 0.0935. The van der Waals surface area contributed by atoms with E-state index in [1.54, 1.807) is 18.2 Å². The molecular formula is C18H13NO4. The van der Waals surface area contributed by atoms with E-state index in [0.717, 1.165) is 5.56 Å². The van der Waals surface area contributed by atoms with Crippen molar-refractivity contribution in [1.29, 1.82) is 0 Å². The minimum atomic E-state index is -0.260. The molecule has 0 atom stereocenters. The fourth-order valence-electron chi connectivity index (χ4n) is 3.12. The van der Waals surface area contributed by atoms with Gasteiger partial charge < -0.3 is 14.5 Å². The van der Waals surface area contributed by atoms with Gasteiger partial charge in [-0.2, -0.15) is 0 Å². The molecule has 4 rings (SSSR count). The van der Waals surface area contributed by atoms with E-state index in [1.807, 2.05) is 18.2 Å². The summed E-state index contributed by atoms with van der Waals surface area (Å²) in [6.07, 6.45) is 0. The van der Waals surface area contributed by atoms with Crippen LogP contribution in [-0.4, -0.2) is 25.0 Å². The monoisotopic (exact) mass is 307 g/mol. The molecule has 114 valence electrons. The largest absolute Gasteiger partial charge is 0.493 e. The molecule has 0 spiro atoms. The Balaban J connectivity index is 2.16. The highest BCUT2D eigenvalue weighted by atomic mass is 16.5. The molecular weight excluding hydrogens is 294 g/mol. The summed E-state index contributed by atoms with van der Waals surface area (Å²) >= 11 is 0. The summed E-state index contributed by atoms with van der Waals surface area (Å²) in [4.78, 5) is 28.1. The number of ether oxygens (including phenoxy) is 2. The number of ketones is 1. The maximum absolute atomic E-state index is 12.8. The molecule has 0 radical (unpaired) electrons. The van der Waals surface area contributed by atoms with E-state index in [-0.39, 0.29) is 11.3 Å². The molecule has 1 heterocycles. The summed E-state index contributed by atoms with van der Waals surface area (Å²) in [5.74, 6) is 0.842. The molecule has 0 fully saturated rings. The number of hydrogen-bond acceptors (Lipinski definition) is 4. The number of H-pyrrole nitrogens is 1. The van der Waals surface area contributed by atoms with Crippen molar-refractivity contribution in [3.05, 3.63) is 57.9 Å². The lowest BCUT2D eigenvalue weighted by Crippen LogP contribution is -2.10. The highest BCUT2D eigenvalue weighted by Gasteiger charge is 2.30. The molecule has 5 nitrogen and oxygen atoms in total. The average Bonchev–Trinajstić information content (AvgIpc) is 2.87. The predicted octanol–water partition coefficient (Wildman–Crippen LogP) is 2.76. The number of aromatic nitrogens is 1. The van der Waals surface area contributed by atoms with Gasteiger partial charge in [-0.15, -0.1) is 0 Å². The maximum atomic E-state index is 12.8. The molecule has 0 amide bonds. The summed E-state index contributed by atoms with van der Waals surface area (Å²) < 4.78 is 10.6. The normalized spacial score (nSPS) is 12.2. The van der Waals surface area contributed by atoms with Gasteiger partial charge in [-0.05, 0) is 12.1 Å². The second-order valence-electron chi connectivity index (χ2n) is 5.33. The lowest BCUT2D eigenvalue weighted by Gasteiger charge is -2.11. The molecule has 1 N–H and O–H groups in total. The van der Waals surface area contributed by atoms with Gasteiger partial charge in [0.25, 0.3) is 5.56 Å². The first-order chi connectivity index (χ1) is 11.2. The number of hydrogen-bond donors (Lipinski definition) is 1. The van der Waals surface area contributed by atoms with Crippen LogP contribution in [0.3, 0.4) is 0 Å². The first-order valence-electron chi connectivity index (χ1n) is 7.12. The Kier molecular flexibility index (Phi) is 2.78. The number of pyridine rings is 1. The number of fused-ring (bicyclic) bond motifs is 5. The Hall–Kier alpha value is -3.08. The molecule has 0 saturated carbocycles. The fraction of sp³-hybridized carbons (Fsp3) is 0.111. The number of aromatic amines is 1. The number of carbonyl (C=O) groups is 1. The van der Waals surface area contributed by atoms with Crippen LogP contribution >= 0.6 is 0 Å². The van der Waals surface area contributed by atoms with Gasteiger partial charge in [0, 0.05) is 16.5 Å². The highest BCUT2D eigenvalue weighted by molar-refractivity contribution is 6.26. The van der Waals surface area contributed by atoms with Crippen molar-refractivity contribution in [2.45, 2.75) is 0 Å². The van der Waals surface area contributed by atoms with Crippen LogP contribution in [0.15, 0.2) is 41.2 Å². The summed E-state index contributed by atoms with van der Waals surface area (Å²) in [5, 5.41) is 0.977. The van der Waals surface area contributed by atoms with Crippen molar-refractivity contribution in [1.82, 2.24) is 4.98 Å². The summed E-state index contributed by atoms with van der Waals surface area (Å²) in [7, 11) is 3.03. The van der Waals surface area contributed by atoms with Crippen molar-refractivity contribution in [3.8, 4) is 22.8 Å². The Labute approximate surface area is 131 Å². The van der Waals surface area contributed by atoms with Crippen LogP contribution in [0.5, 0.6) is 11.5 Å². The molecule has 0 aliphatic heterocycles. The van der Waals surface area contributed by atoms with Crippen molar-refractivity contribution in [2.75, 3.05) is 14.2 Å². The number of carbonyl (C=O) groups excluding carboxylic acids is 1. The van der Waals surface area contributed by atoms with Crippen molar-refractivity contribution >= 4 is 16.6 Å². The predicted molar refractivity (Wildman–Crippen MR) is 86.5 cm³/mol. The Bertz CT molecular complexity index is 1030. The van der Waals surface area contributed by atoms with E-state index in [9.17, 15) is 9.59 Å². The summed E-state index contributed by atoms with van der Waals surface area (Å²) in [6.45, 7) is 0. The first-order valence-corrected chi connectivity index (χ1v) is 7.12.